The molecule has 0 unspecified atom stereocenters. The van der Waals surface area contributed by atoms with Gasteiger partial charge in [-0.3, -0.25) is 10.1 Å². The lowest BCUT2D eigenvalue weighted by Gasteiger charge is -2.25. The molecule has 2 fully saturated rings. The molecule has 1 saturated heterocycles. The first-order valence-corrected chi connectivity index (χ1v) is 12.2. The van der Waals surface area contributed by atoms with Crippen LogP contribution in [0.15, 0.2) is 29.2 Å². The van der Waals surface area contributed by atoms with Gasteiger partial charge in [-0.25, -0.2) is 18.0 Å². The molecule has 9 nitrogen and oxygen atoms in total. The fourth-order valence-corrected chi connectivity index (χ4v) is 5.45. The summed E-state index contributed by atoms with van der Waals surface area (Å²) >= 11 is 0. The lowest BCUT2D eigenvalue weighted by Crippen LogP contribution is -2.46. The number of imide groups is 1. The first-order valence-electron chi connectivity index (χ1n) is 10.7. The third kappa shape index (κ3) is 6.51. The Morgan fingerprint density at radius 2 is 1.68 bits per heavy atom. The Morgan fingerprint density at radius 1 is 1.00 bits per heavy atom. The Kier molecular flexibility index (Phi) is 8.03. The van der Waals surface area contributed by atoms with Gasteiger partial charge in [0.25, 0.3) is 5.91 Å². The monoisotopic (exact) mass is 451 g/mol. The summed E-state index contributed by atoms with van der Waals surface area (Å²) in [5.74, 6) is -1.59. The SMILES string of the molecule is O=C(COC(=O)c1cccc(S(=O)(=O)N2CCCCC2)c1)NC(=O)NC1CCCCC1. The Bertz CT molecular complexity index is 905. The highest BCUT2D eigenvalue weighted by atomic mass is 32.2. The van der Waals surface area contributed by atoms with Crippen LogP contribution < -0.4 is 10.6 Å². The van der Waals surface area contributed by atoms with E-state index in [1.54, 1.807) is 0 Å². The number of carbonyl (C=O) groups excluding carboxylic acids is 3. The van der Waals surface area contributed by atoms with Crippen LogP contribution in [-0.4, -0.2) is 56.4 Å². The predicted octanol–water partition coefficient (Wildman–Crippen LogP) is 2.18. The van der Waals surface area contributed by atoms with Gasteiger partial charge in [0.15, 0.2) is 6.61 Å². The van der Waals surface area contributed by atoms with Crippen LogP contribution in [0.2, 0.25) is 0 Å². The van der Waals surface area contributed by atoms with Gasteiger partial charge in [0.1, 0.15) is 0 Å². The number of rotatable bonds is 6. The zero-order chi connectivity index (χ0) is 22.3. The zero-order valence-corrected chi connectivity index (χ0v) is 18.3. The second-order valence-electron chi connectivity index (χ2n) is 7.93. The minimum atomic E-state index is -3.69. The minimum absolute atomic E-state index is 0.0140. The van der Waals surface area contributed by atoms with Gasteiger partial charge >= 0.3 is 12.0 Å². The van der Waals surface area contributed by atoms with Gasteiger partial charge in [-0.05, 0) is 43.9 Å². The second-order valence-corrected chi connectivity index (χ2v) is 9.86. The quantitative estimate of drug-likeness (QED) is 0.640. The molecule has 0 radical (unpaired) electrons. The van der Waals surface area contributed by atoms with Crippen molar-refractivity contribution in [2.24, 2.45) is 0 Å². The summed E-state index contributed by atoms with van der Waals surface area (Å²) in [6.45, 7) is 0.278. The van der Waals surface area contributed by atoms with E-state index < -0.39 is 34.5 Å². The highest BCUT2D eigenvalue weighted by Gasteiger charge is 2.27. The van der Waals surface area contributed by atoms with Crippen LogP contribution in [0.4, 0.5) is 4.79 Å². The fourth-order valence-electron chi connectivity index (χ4n) is 3.88. The molecule has 0 aromatic heterocycles. The Labute approximate surface area is 182 Å². The van der Waals surface area contributed by atoms with Crippen molar-refractivity contribution >= 4 is 27.9 Å². The van der Waals surface area contributed by atoms with Crippen LogP contribution in [0, 0.1) is 0 Å². The topological polar surface area (TPSA) is 122 Å². The number of hydrogen-bond donors (Lipinski definition) is 2. The summed E-state index contributed by atoms with van der Waals surface area (Å²) in [5.41, 5.74) is 0.0255. The summed E-state index contributed by atoms with van der Waals surface area (Å²) in [6, 6.07) is 5.01. The number of carbonyl (C=O) groups is 3. The first-order chi connectivity index (χ1) is 14.9. The fraction of sp³-hybridized carbons (Fsp3) is 0.571. The van der Waals surface area contributed by atoms with Crippen LogP contribution in [0.3, 0.4) is 0 Å². The Morgan fingerprint density at radius 3 is 2.39 bits per heavy atom. The number of sulfonamides is 1. The molecule has 1 aliphatic heterocycles. The van der Waals surface area contributed by atoms with E-state index in [-0.39, 0.29) is 16.5 Å². The van der Waals surface area contributed by atoms with E-state index in [9.17, 15) is 22.8 Å². The molecule has 1 aromatic carbocycles. The molecule has 0 spiro atoms. The number of esters is 1. The summed E-state index contributed by atoms with van der Waals surface area (Å²) in [7, 11) is -3.69. The van der Waals surface area contributed by atoms with Gasteiger partial charge in [0.2, 0.25) is 10.0 Å². The molecule has 1 saturated carbocycles. The van der Waals surface area contributed by atoms with Crippen LogP contribution in [0.1, 0.15) is 61.7 Å². The number of benzene rings is 1. The average molecular weight is 452 g/mol. The van der Waals surface area contributed by atoms with E-state index in [1.807, 2.05) is 0 Å². The summed E-state index contributed by atoms with van der Waals surface area (Å²) in [5, 5.41) is 4.89. The molecular weight excluding hydrogens is 422 g/mol. The third-order valence-corrected chi connectivity index (χ3v) is 7.44. The number of amides is 3. The lowest BCUT2D eigenvalue weighted by atomic mass is 9.96. The van der Waals surface area contributed by atoms with Gasteiger partial charge < -0.3 is 10.1 Å². The molecule has 3 amide bonds. The molecule has 10 heteroatoms. The number of ether oxygens (including phenoxy) is 1. The van der Waals surface area contributed by atoms with Crippen molar-refractivity contribution in [3.05, 3.63) is 29.8 Å². The number of nitrogens with one attached hydrogen (secondary N) is 2. The molecule has 31 heavy (non-hydrogen) atoms. The van der Waals surface area contributed by atoms with E-state index >= 15 is 0 Å². The summed E-state index contributed by atoms with van der Waals surface area (Å²) in [4.78, 5) is 36.1. The van der Waals surface area contributed by atoms with Gasteiger partial charge in [-0.1, -0.05) is 31.7 Å². The van der Waals surface area contributed by atoms with Crippen molar-refractivity contribution in [1.82, 2.24) is 14.9 Å². The Hall–Kier alpha value is -2.46. The molecule has 2 N–H and O–H groups in total. The molecule has 170 valence electrons. The molecule has 0 bridgehead atoms. The second kappa shape index (κ2) is 10.7. The van der Waals surface area contributed by atoms with E-state index in [0.717, 1.165) is 51.4 Å². The van der Waals surface area contributed by atoms with Crippen molar-refractivity contribution < 1.29 is 27.5 Å². The normalized spacial score (nSPS) is 18.2. The van der Waals surface area contributed by atoms with Crippen LogP contribution in [0.25, 0.3) is 0 Å². The smallest absolute Gasteiger partial charge is 0.338 e. The largest absolute Gasteiger partial charge is 0.452 e. The maximum Gasteiger partial charge on any atom is 0.338 e. The van der Waals surface area contributed by atoms with Crippen molar-refractivity contribution in [2.45, 2.75) is 62.3 Å². The zero-order valence-electron chi connectivity index (χ0n) is 17.5. The summed E-state index contributed by atoms with van der Waals surface area (Å²) < 4.78 is 31.9. The molecule has 1 aromatic rings. The van der Waals surface area contributed by atoms with E-state index in [1.165, 1.54) is 28.6 Å². The third-order valence-electron chi connectivity index (χ3n) is 5.55. The van der Waals surface area contributed by atoms with E-state index in [2.05, 4.69) is 10.6 Å². The molecule has 1 heterocycles. The first kappa shape index (κ1) is 23.2. The van der Waals surface area contributed by atoms with Gasteiger partial charge in [-0.2, -0.15) is 4.31 Å². The maximum absolute atomic E-state index is 12.8. The standard InChI is InChI=1S/C21H29N3O6S/c25-19(23-21(27)22-17-9-3-1-4-10-17)15-30-20(26)16-8-7-11-18(14-16)31(28,29)24-12-5-2-6-13-24/h7-8,11,14,17H,1-6,9-10,12-13,15H2,(H2,22,23,25,27). The number of piperidine rings is 1. The Balaban J connectivity index is 1.51. The van der Waals surface area contributed by atoms with Crippen molar-refractivity contribution in [1.29, 1.82) is 0 Å². The highest BCUT2D eigenvalue weighted by Crippen LogP contribution is 2.21. The number of nitrogens with zero attached hydrogens (tertiary/aromatic N) is 1. The van der Waals surface area contributed by atoms with Crippen LogP contribution in [0.5, 0.6) is 0 Å². The molecule has 0 atom stereocenters. The van der Waals surface area contributed by atoms with Crippen molar-refractivity contribution in [3.63, 3.8) is 0 Å². The average Bonchev–Trinajstić information content (AvgIpc) is 2.78. The van der Waals surface area contributed by atoms with Gasteiger partial charge in [0.05, 0.1) is 10.5 Å². The van der Waals surface area contributed by atoms with Crippen LogP contribution >= 0.6 is 0 Å². The maximum atomic E-state index is 12.8. The van der Waals surface area contributed by atoms with Gasteiger partial charge in [0, 0.05) is 19.1 Å². The molecular formula is C21H29N3O6S. The summed E-state index contributed by atoms with van der Waals surface area (Å²) in [6.07, 6.45) is 7.62. The predicted molar refractivity (Wildman–Crippen MR) is 113 cm³/mol. The lowest BCUT2D eigenvalue weighted by molar-refractivity contribution is -0.123. The van der Waals surface area contributed by atoms with E-state index in [4.69, 9.17) is 4.74 Å². The number of hydrogen-bond acceptors (Lipinski definition) is 6. The molecule has 2 aliphatic rings. The highest BCUT2D eigenvalue weighted by molar-refractivity contribution is 7.89. The van der Waals surface area contributed by atoms with E-state index in [0.29, 0.717) is 13.1 Å². The van der Waals surface area contributed by atoms with Gasteiger partial charge in [-0.15, -0.1) is 0 Å². The minimum Gasteiger partial charge on any atom is -0.452 e. The molecule has 1 aliphatic carbocycles. The van der Waals surface area contributed by atoms with Crippen molar-refractivity contribution in [2.75, 3.05) is 19.7 Å². The van der Waals surface area contributed by atoms with Crippen LogP contribution in [-0.2, 0) is 19.6 Å². The van der Waals surface area contributed by atoms with Crippen molar-refractivity contribution in [3.8, 4) is 0 Å². The number of urea groups is 1. The molecule has 3 rings (SSSR count).